The fraction of sp³-hybridized carbons (Fsp3) is 1.00. The zero-order valence-electron chi connectivity index (χ0n) is 11.1. The van der Waals surface area contributed by atoms with Gasteiger partial charge in [-0.1, -0.05) is 20.8 Å². The molecule has 1 saturated carbocycles. The van der Waals surface area contributed by atoms with Gasteiger partial charge in [0.1, 0.15) is 0 Å². The monoisotopic (exact) mass is 228 g/mol. The molecule has 1 unspecified atom stereocenters. The Bertz CT molecular complexity index is 172. The molecule has 0 radical (unpaired) electrons. The van der Waals surface area contributed by atoms with Crippen molar-refractivity contribution in [2.45, 2.75) is 59.0 Å². The molecule has 1 N–H and O–H groups in total. The molecule has 2 heteroatoms. The first kappa shape index (κ1) is 14.0. The summed E-state index contributed by atoms with van der Waals surface area (Å²) in [5, 5.41) is 10.0. The molecule has 0 aromatic carbocycles. The Morgan fingerprint density at radius 3 is 2.19 bits per heavy atom. The first-order valence-electron chi connectivity index (χ1n) is 6.91. The molecular weight excluding hydrogens is 200 g/mol. The van der Waals surface area contributed by atoms with Crippen LogP contribution in [0.4, 0.5) is 0 Å². The molecule has 0 aliphatic heterocycles. The first-order valence-corrected chi connectivity index (χ1v) is 6.91. The van der Waals surface area contributed by atoms with Gasteiger partial charge >= 0.3 is 0 Å². The van der Waals surface area contributed by atoms with Gasteiger partial charge in [-0.3, -0.25) is 0 Å². The van der Waals surface area contributed by atoms with Gasteiger partial charge < -0.3 is 9.84 Å². The molecule has 1 atom stereocenters. The van der Waals surface area contributed by atoms with Crippen molar-refractivity contribution < 1.29 is 9.84 Å². The Morgan fingerprint density at radius 2 is 1.69 bits per heavy atom. The van der Waals surface area contributed by atoms with Gasteiger partial charge in [-0.2, -0.15) is 0 Å². The number of hydrogen-bond acceptors (Lipinski definition) is 2. The van der Waals surface area contributed by atoms with E-state index < -0.39 is 0 Å². The van der Waals surface area contributed by atoms with Crippen molar-refractivity contribution in [3.8, 4) is 0 Å². The van der Waals surface area contributed by atoms with Crippen molar-refractivity contribution >= 4 is 0 Å². The van der Waals surface area contributed by atoms with Gasteiger partial charge in [0.2, 0.25) is 0 Å². The molecule has 0 heterocycles. The summed E-state index contributed by atoms with van der Waals surface area (Å²) in [4.78, 5) is 0. The second kappa shape index (κ2) is 7.29. The van der Waals surface area contributed by atoms with E-state index in [-0.39, 0.29) is 6.10 Å². The zero-order valence-corrected chi connectivity index (χ0v) is 11.1. The number of rotatable bonds is 6. The summed E-state index contributed by atoms with van der Waals surface area (Å²) in [5.74, 6) is 2.15. The Labute approximate surface area is 100 Å². The number of aliphatic hydroxyl groups excluding tert-OH is 1. The van der Waals surface area contributed by atoms with Crippen molar-refractivity contribution in [1.29, 1.82) is 0 Å². The number of ether oxygens (including phenoxy) is 1. The normalized spacial score (nSPS) is 28.3. The highest BCUT2D eigenvalue weighted by Crippen LogP contribution is 2.34. The summed E-state index contributed by atoms with van der Waals surface area (Å²) in [6, 6.07) is 0. The van der Waals surface area contributed by atoms with E-state index in [1.807, 2.05) is 0 Å². The average molecular weight is 228 g/mol. The molecule has 0 aromatic rings. The van der Waals surface area contributed by atoms with Gasteiger partial charge in [-0.05, 0) is 49.9 Å². The van der Waals surface area contributed by atoms with Gasteiger partial charge in [0, 0.05) is 6.61 Å². The van der Waals surface area contributed by atoms with Crippen molar-refractivity contribution in [2.75, 3.05) is 13.2 Å². The summed E-state index contributed by atoms with van der Waals surface area (Å²) < 4.78 is 5.42. The number of aliphatic hydroxyl groups is 1. The van der Waals surface area contributed by atoms with Crippen LogP contribution in [0.15, 0.2) is 0 Å². The molecule has 0 bridgehead atoms. The fourth-order valence-corrected chi connectivity index (χ4v) is 2.68. The van der Waals surface area contributed by atoms with Crippen LogP contribution in [-0.2, 0) is 4.74 Å². The lowest BCUT2D eigenvalue weighted by Gasteiger charge is -2.33. The van der Waals surface area contributed by atoms with Crippen molar-refractivity contribution in [1.82, 2.24) is 0 Å². The molecule has 0 amide bonds. The molecule has 16 heavy (non-hydrogen) atoms. The first-order chi connectivity index (χ1) is 7.65. The van der Waals surface area contributed by atoms with E-state index in [1.165, 1.54) is 25.7 Å². The molecule has 2 nitrogen and oxygen atoms in total. The summed E-state index contributed by atoms with van der Waals surface area (Å²) >= 11 is 0. The Hall–Kier alpha value is -0.0800. The van der Waals surface area contributed by atoms with Gasteiger partial charge in [-0.15, -0.1) is 0 Å². The SMILES string of the molecule is CCCOCC(O)C1CCC(C(C)C)CC1. The fourth-order valence-electron chi connectivity index (χ4n) is 2.68. The highest BCUT2D eigenvalue weighted by atomic mass is 16.5. The molecule has 0 spiro atoms. The van der Waals surface area contributed by atoms with Crippen LogP contribution in [0.1, 0.15) is 52.9 Å². The van der Waals surface area contributed by atoms with E-state index in [4.69, 9.17) is 4.74 Å². The summed E-state index contributed by atoms with van der Waals surface area (Å²) in [5.41, 5.74) is 0. The molecular formula is C14H28O2. The molecule has 1 aliphatic carbocycles. The predicted molar refractivity (Wildman–Crippen MR) is 67.4 cm³/mol. The minimum absolute atomic E-state index is 0.236. The van der Waals surface area contributed by atoms with Crippen LogP contribution in [0.3, 0.4) is 0 Å². The Morgan fingerprint density at radius 1 is 1.12 bits per heavy atom. The smallest absolute Gasteiger partial charge is 0.0801 e. The second-order valence-electron chi connectivity index (χ2n) is 5.56. The predicted octanol–water partition coefficient (Wildman–Crippen LogP) is 3.24. The summed E-state index contributed by atoms with van der Waals surface area (Å²) in [7, 11) is 0. The highest BCUT2D eigenvalue weighted by molar-refractivity contribution is 4.78. The van der Waals surface area contributed by atoms with E-state index in [0.717, 1.165) is 24.9 Å². The van der Waals surface area contributed by atoms with Crippen molar-refractivity contribution in [3.05, 3.63) is 0 Å². The molecule has 0 saturated heterocycles. The van der Waals surface area contributed by atoms with Crippen LogP contribution in [0.2, 0.25) is 0 Å². The zero-order chi connectivity index (χ0) is 12.0. The number of hydrogen-bond donors (Lipinski definition) is 1. The van der Waals surface area contributed by atoms with E-state index >= 15 is 0 Å². The summed E-state index contributed by atoms with van der Waals surface area (Å²) in [6.45, 7) is 8.03. The van der Waals surface area contributed by atoms with Crippen LogP contribution >= 0.6 is 0 Å². The lowest BCUT2D eigenvalue weighted by Crippen LogP contribution is -2.30. The maximum atomic E-state index is 10.0. The van der Waals surface area contributed by atoms with Gasteiger partial charge in [0.25, 0.3) is 0 Å². The molecule has 0 aromatic heterocycles. The topological polar surface area (TPSA) is 29.5 Å². The molecule has 96 valence electrons. The minimum atomic E-state index is -0.236. The lowest BCUT2D eigenvalue weighted by molar-refractivity contribution is -0.0107. The highest BCUT2D eigenvalue weighted by Gasteiger charge is 2.27. The Kier molecular flexibility index (Phi) is 6.37. The van der Waals surface area contributed by atoms with Crippen LogP contribution in [-0.4, -0.2) is 24.4 Å². The van der Waals surface area contributed by atoms with Gasteiger partial charge in [0.15, 0.2) is 0 Å². The maximum Gasteiger partial charge on any atom is 0.0801 e. The van der Waals surface area contributed by atoms with Crippen LogP contribution in [0.25, 0.3) is 0 Å². The third kappa shape index (κ3) is 4.42. The summed E-state index contributed by atoms with van der Waals surface area (Å²) in [6.07, 6.45) is 5.73. The molecule has 1 fully saturated rings. The largest absolute Gasteiger partial charge is 0.390 e. The second-order valence-corrected chi connectivity index (χ2v) is 5.56. The minimum Gasteiger partial charge on any atom is -0.390 e. The third-order valence-electron chi connectivity index (χ3n) is 3.94. The van der Waals surface area contributed by atoms with Crippen LogP contribution < -0.4 is 0 Å². The lowest BCUT2D eigenvalue weighted by atomic mass is 9.75. The van der Waals surface area contributed by atoms with Gasteiger partial charge in [0.05, 0.1) is 12.7 Å². The third-order valence-corrected chi connectivity index (χ3v) is 3.94. The van der Waals surface area contributed by atoms with Crippen molar-refractivity contribution in [2.24, 2.45) is 17.8 Å². The molecule has 1 rings (SSSR count). The Balaban J connectivity index is 2.19. The standard InChI is InChI=1S/C14H28O2/c1-4-9-16-10-14(15)13-7-5-12(6-8-13)11(2)3/h11-15H,4-10H2,1-3H3. The quantitative estimate of drug-likeness (QED) is 0.707. The maximum absolute atomic E-state index is 10.0. The average Bonchev–Trinajstić information content (AvgIpc) is 2.29. The van der Waals surface area contributed by atoms with E-state index in [9.17, 15) is 5.11 Å². The van der Waals surface area contributed by atoms with E-state index in [1.54, 1.807) is 0 Å². The van der Waals surface area contributed by atoms with Gasteiger partial charge in [-0.25, -0.2) is 0 Å². The van der Waals surface area contributed by atoms with E-state index in [2.05, 4.69) is 20.8 Å². The van der Waals surface area contributed by atoms with E-state index in [0.29, 0.717) is 12.5 Å². The molecule has 1 aliphatic rings. The van der Waals surface area contributed by atoms with Crippen LogP contribution in [0.5, 0.6) is 0 Å². The van der Waals surface area contributed by atoms with Crippen LogP contribution in [0, 0.1) is 17.8 Å². The van der Waals surface area contributed by atoms with Crippen molar-refractivity contribution in [3.63, 3.8) is 0 Å².